The molecule has 2 aromatic carbocycles. The summed E-state index contributed by atoms with van der Waals surface area (Å²) in [5.74, 6) is 0.740. The Hall–Kier alpha value is -1.75. The zero-order chi connectivity index (χ0) is 17.6. The summed E-state index contributed by atoms with van der Waals surface area (Å²) in [7, 11) is 2.08. The predicted molar refractivity (Wildman–Crippen MR) is 102 cm³/mol. The van der Waals surface area contributed by atoms with Gasteiger partial charge in [-0.2, -0.15) is 0 Å². The summed E-state index contributed by atoms with van der Waals surface area (Å²) in [6, 6.07) is 13.2. The van der Waals surface area contributed by atoms with Gasteiger partial charge in [-0.3, -0.25) is 0 Å². The van der Waals surface area contributed by atoms with Crippen molar-refractivity contribution < 1.29 is 9.57 Å². The third-order valence-corrected chi connectivity index (χ3v) is 4.79. The van der Waals surface area contributed by atoms with E-state index in [1.807, 2.05) is 30.3 Å². The number of benzene rings is 2. The van der Waals surface area contributed by atoms with E-state index in [2.05, 4.69) is 17.1 Å². The normalized spacial score (nSPS) is 18.0. The van der Waals surface area contributed by atoms with E-state index in [-0.39, 0.29) is 6.10 Å². The number of halogens is 2. The molecule has 0 N–H and O–H groups in total. The lowest BCUT2D eigenvalue weighted by Gasteiger charge is -2.10. The van der Waals surface area contributed by atoms with Crippen LogP contribution >= 0.6 is 23.2 Å². The highest BCUT2D eigenvalue weighted by Gasteiger charge is 2.20. The predicted octanol–water partition coefficient (Wildman–Crippen LogP) is 4.63. The van der Waals surface area contributed by atoms with Gasteiger partial charge in [0.25, 0.3) is 0 Å². The van der Waals surface area contributed by atoms with Crippen LogP contribution in [0.1, 0.15) is 17.5 Å². The highest BCUT2D eigenvalue weighted by atomic mass is 35.5. The smallest absolute Gasteiger partial charge is 0.141 e. The maximum absolute atomic E-state index is 6.04. The zero-order valence-corrected chi connectivity index (χ0v) is 15.5. The quantitative estimate of drug-likeness (QED) is 0.542. The van der Waals surface area contributed by atoms with Gasteiger partial charge in [0.15, 0.2) is 0 Å². The van der Waals surface area contributed by atoms with E-state index in [0.29, 0.717) is 16.7 Å². The molecule has 4 nitrogen and oxygen atoms in total. The van der Waals surface area contributed by atoms with Crippen molar-refractivity contribution in [3.8, 4) is 5.75 Å². The van der Waals surface area contributed by atoms with Crippen LogP contribution in [0.25, 0.3) is 0 Å². The second kappa shape index (κ2) is 8.56. The SMILES string of the molecule is CN1CC[C@H](O/N=C/c2ccccc2OCc2ccc(Cl)c(Cl)c2)C1. The molecular formula is C19H20Cl2N2O2. The van der Waals surface area contributed by atoms with Gasteiger partial charge in [-0.25, -0.2) is 0 Å². The van der Waals surface area contributed by atoms with Crippen molar-refractivity contribution in [1.82, 2.24) is 4.90 Å². The third-order valence-electron chi connectivity index (χ3n) is 4.05. The van der Waals surface area contributed by atoms with Gasteiger partial charge in [-0.05, 0) is 36.9 Å². The van der Waals surface area contributed by atoms with E-state index < -0.39 is 0 Å². The summed E-state index contributed by atoms with van der Waals surface area (Å²) < 4.78 is 5.90. The monoisotopic (exact) mass is 378 g/mol. The van der Waals surface area contributed by atoms with E-state index in [1.54, 1.807) is 18.3 Å². The second-order valence-electron chi connectivity index (χ2n) is 6.09. The fraction of sp³-hybridized carbons (Fsp3) is 0.316. The Kier molecular flexibility index (Phi) is 6.19. The maximum atomic E-state index is 6.04. The van der Waals surface area contributed by atoms with Crippen LogP contribution in [0.15, 0.2) is 47.6 Å². The van der Waals surface area contributed by atoms with E-state index in [0.717, 1.165) is 36.4 Å². The molecule has 1 fully saturated rings. The van der Waals surface area contributed by atoms with Crippen LogP contribution in [-0.4, -0.2) is 37.4 Å². The van der Waals surface area contributed by atoms with Crippen molar-refractivity contribution >= 4 is 29.4 Å². The minimum Gasteiger partial charge on any atom is -0.488 e. The fourth-order valence-electron chi connectivity index (χ4n) is 2.66. The average molecular weight is 379 g/mol. The zero-order valence-electron chi connectivity index (χ0n) is 14.0. The minimum absolute atomic E-state index is 0.158. The Labute approximate surface area is 157 Å². The molecule has 1 heterocycles. The number of hydrogen-bond acceptors (Lipinski definition) is 4. The Balaban J connectivity index is 1.61. The lowest BCUT2D eigenvalue weighted by atomic mass is 10.2. The first-order chi connectivity index (χ1) is 12.1. The molecule has 1 saturated heterocycles. The lowest BCUT2D eigenvalue weighted by Crippen LogP contribution is -2.17. The molecule has 1 aliphatic rings. The minimum atomic E-state index is 0.158. The number of likely N-dealkylation sites (N-methyl/N-ethyl adjacent to an activating group) is 1. The molecule has 25 heavy (non-hydrogen) atoms. The summed E-state index contributed by atoms with van der Waals surface area (Å²) in [5, 5.41) is 5.18. The highest BCUT2D eigenvalue weighted by Crippen LogP contribution is 2.24. The Morgan fingerprint density at radius 1 is 1.20 bits per heavy atom. The molecule has 0 radical (unpaired) electrons. The van der Waals surface area contributed by atoms with Gasteiger partial charge in [0.05, 0.1) is 16.3 Å². The number of likely N-dealkylation sites (tertiary alicyclic amines) is 1. The largest absolute Gasteiger partial charge is 0.488 e. The van der Waals surface area contributed by atoms with Gasteiger partial charge < -0.3 is 14.5 Å². The molecule has 1 aliphatic heterocycles. The van der Waals surface area contributed by atoms with Crippen LogP contribution in [0.3, 0.4) is 0 Å². The van der Waals surface area contributed by atoms with E-state index >= 15 is 0 Å². The number of para-hydroxylation sites is 1. The molecule has 6 heteroatoms. The molecule has 0 bridgehead atoms. The first-order valence-corrected chi connectivity index (χ1v) is 8.91. The standard InChI is InChI=1S/C19H20Cl2N2O2/c1-23-9-8-16(12-23)25-22-11-15-4-2-3-5-19(15)24-13-14-6-7-17(20)18(21)10-14/h2-7,10-11,16H,8-9,12-13H2,1H3/b22-11+/t16-/m0/s1. The number of ether oxygens (including phenoxy) is 1. The molecule has 0 saturated carbocycles. The molecule has 3 rings (SSSR count). The lowest BCUT2D eigenvalue weighted by molar-refractivity contribution is 0.0682. The summed E-state index contributed by atoms with van der Waals surface area (Å²) >= 11 is 12.0. The van der Waals surface area contributed by atoms with Crippen LogP contribution in [0.5, 0.6) is 5.75 Å². The Morgan fingerprint density at radius 3 is 2.80 bits per heavy atom. The maximum Gasteiger partial charge on any atom is 0.141 e. The van der Waals surface area contributed by atoms with Gasteiger partial charge in [0.2, 0.25) is 0 Å². The number of hydrogen-bond donors (Lipinski definition) is 0. The van der Waals surface area contributed by atoms with E-state index in [9.17, 15) is 0 Å². The van der Waals surface area contributed by atoms with Crippen LogP contribution in [-0.2, 0) is 11.4 Å². The Morgan fingerprint density at radius 2 is 2.04 bits per heavy atom. The van der Waals surface area contributed by atoms with Crippen molar-refractivity contribution in [2.45, 2.75) is 19.1 Å². The summed E-state index contributed by atoms with van der Waals surface area (Å²) in [6.07, 6.45) is 2.86. The molecular weight excluding hydrogens is 359 g/mol. The van der Waals surface area contributed by atoms with Crippen LogP contribution in [0.2, 0.25) is 10.0 Å². The summed E-state index contributed by atoms with van der Waals surface area (Å²) in [5.41, 5.74) is 1.82. The van der Waals surface area contributed by atoms with Gasteiger partial charge in [-0.1, -0.05) is 46.6 Å². The van der Waals surface area contributed by atoms with E-state index in [1.165, 1.54) is 0 Å². The molecule has 132 valence electrons. The number of nitrogens with zero attached hydrogens (tertiary/aromatic N) is 2. The molecule has 2 aromatic rings. The Bertz CT molecular complexity index is 752. The summed E-state index contributed by atoms with van der Waals surface area (Å²) in [6.45, 7) is 2.35. The van der Waals surface area contributed by atoms with Crippen molar-refractivity contribution in [2.75, 3.05) is 20.1 Å². The number of rotatable bonds is 6. The third kappa shape index (κ3) is 5.11. The molecule has 0 aliphatic carbocycles. The molecule has 0 amide bonds. The van der Waals surface area contributed by atoms with Crippen molar-refractivity contribution in [2.24, 2.45) is 5.16 Å². The first kappa shape index (κ1) is 18.1. The van der Waals surface area contributed by atoms with Crippen molar-refractivity contribution in [1.29, 1.82) is 0 Å². The molecule has 0 unspecified atom stereocenters. The second-order valence-corrected chi connectivity index (χ2v) is 6.90. The molecule has 1 atom stereocenters. The first-order valence-electron chi connectivity index (χ1n) is 8.15. The summed E-state index contributed by atoms with van der Waals surface area (Å²) in [4.78, 5) is 7.79. The van der Waals surface area contributed by atoms with E-state index in [4.69, 9.17) is 32.8 Å². The van der Waals surface area contributed by atoms with Crippen LogP contribution in [0, 0.1) is 0 Å². The molecule has 0 aromatic heterocycles. The average Bonchev–Trinajstić information content (AvgIpc) is 3.02. The van der Waals surface area contributed by atoms with Gasteiger partial charge in [0, 0.05) is 25.1 Å². The van der Waals surface area contributed by atoms with Crippen molar-refractivity contribution in [3.63, 3.8) is 0 Å². The van der Waals surface area contributed by atoms with Gasteiger partial charge >= 0.3 is 0 Å². The number of oxime groups is 1. The van der Waals surface area contributed by atoms with Gasteiger partial charge in [0.1, 0.15) is 18.5 Å². The van der Waals surface area contributed by atoms with Crippen LogP contribution in [0.4, 0.5) is 0 Å². The van der Waals surface area contributed by atoms with Crippen molar-refractivity contribution in [3.05, 3.63) is 63.6 Å². The fourth-order valence-corrected chi connectivity index (χ4v) is 2.98. The van der Waals surface area contributed by atoms with Crippen LogP contribution < -0.4 is 4.74 Å². The topological polar surface area (TPSA) is 34.1 Å². The highest BCUT2D eigenvalue weighted by molar-refractivity contribution is 6.42. The van der Waals surface area contributed by atoms with Gasteiger partial charge in [-0.15, -0.1) is 0 Å². The molecule has 0 spiro atoms.